The van der Waals surface area contributed by atoms with Crippen molar-refractivity contribution in [1.29, 1.82) is 0 Å². The number of aliphatic hydroxyl groups is 1. The Hall–Kier alpha value is -1.78. The minimum absolute atomic E-state index is 0.134. The van der Waals surface area contributed by atoms with Gasteiger partial charge in [-0.2, -0.15) is 0 Å². The summed E-state index contributed by atoms with van der Waals surface area (Å²) in [4.78, 5) is 11.9. The van der Waals surface area contributed by atoms with E-state index in [-0.39, 0.29) is 12.5 Å². The second-order valence-electron chi connectivity index (χ2n) is 4.94. The molecule has 2 N–H and O–H groups in total. The minimum Gasteiger partial charge on any atom is -0.469 e. The van der Waals surface area contributed by atoms with E-state index in [1.54, 1.807) is 49.6 Å². The van der Waals surface area contributed by atoms with Crippen LogP contribution in [0.5, 0.6) is 0 Å². The molecule has 1 atom stereocenters. The molecular weight excluding hydrogens is 278 g/mol. The summed E-state index contributed by atoms with van der Waals surface area (Å²) in [6, 6.07) is 10.1. The number of carbonyl (C=O) groups is 1. The maximum Gasteiger partial charge on any atom is 0.251 e. The van der Waals surface area contributed by atoms with Crippen molar-refractivity contribution in [3.05, 3.63) is 59.0 Å². The molecular formula is C15H16ClNO3. The summed E-state index contributed by atoms with van der Waals surface area (Å²) in [5.41, 5.74) is -0.567. The summed E-state index contributed by atoms with van der Waals surface area (Å²) in [5.74, 6) is 0.428. The average Bonchev–Trinajstić information content (AvgIpc) is 2.89. The zero-order valence-electron chi connectivity index (χ0n) is 11.1. The molecule has 1 aromatic carbocycles. The van der Waals surface area contributed by atoms with Gasteiger partial charge < -0.3 is 14.8 Å². The molecule has 0 fully saturated rings. The van der Waals surface area contributed by atoms with Gasteiger partial charge in [0.1, 0.15) is 5.76 Å². The van der Waals surface area contributed by atoms with Crippen LogP contribution >= 0.6 is 11.6 Å². The summed E-state index contributed by atoms with van der Waals surface area (Å²) in [6.07, 6.45) is 1.89. The zero-order chi connectivity index (χ0) is 14.6. The van der Waals surface area contributed by atoms with Gasteiger partial charge in [0, 0.05) is 23.6 Å². The number of hydrogen-bond acceptors (Lipinski definition) is 3. The van der Waals surface area contributed by atoms with Crippen molar-refractivity contribution < 1.29 is 14.3 Å². The molecule has 106 valence electrons. The van der Waals surface area contributed by atoms with Crippen molar-refractivity contribution in [2.75, 3.05) is 6.54 Å². The molecule has 1 heterocycles. The molecule has 0 aliphatic carbocycles. The Morgan fingerprint density at radius 1 is 1.35 bits per heavy atom. The monoisotopic (exact) mass is 293 g/mol. The van der Waals surface area contributed by atoms with Crippen LogP contribution in [0.1, 0.15) is 23.0 Å². The van der Waals surface area contributed by atoms with Crippen LogP contribution in [0.15, 0.2) is 47.1 Å². The molecule has 2 aromatic rings. The van der Waals surface area contributed by atoms with E-state index in [1.807, 2.05) is 0 Å². The number of nitrogens with one attached hydrogen (secondary N) is 1. The van der Waals surface area contributed by atoms with Crippen LogP contribution in [0.3, 0.4) is 0 Å². The van der Waals surface area contributed by atoms with Crippen molar-refractivity contribution in [3.63, 3.8) is 0 Å². The Bertz CT molecular complexity index is 561. The van der Waals surface area contributed by atoms with Gasteiger partial charge in [0.25, 0.3) is 5.91 Å². The lowest BCUT2D eigenvalue weighted by molar-refractivity contribution is 0.0510. The van der Waals surface area contributed by atoms with Gasteiger partial charge in [-0.1, -0.05) is 11.6 Å². The van der Waals surface area contributed by atoms with Crippen molar-refractivity contribution in [2.45, 2.75) is 18.9 Å². The van der Waals surface area contributed by atoms with Crippen LogP contribution in [-0.4, -0.2) is 23.2 Å². The molecule has 5 heteroatoms. The van der Waals surface area contributed by atoms with Crippen molar-refractivity contribution in [2.24, 2.45) is 0 Å². The first-order valence-corrected chi connectivity index (χ1v) is 6.63. The molecule has 4 nitrogen and oxygen atoms in total. The molecule has 0 saturated heterocycles. The molecule has 0 spiro atoms. The van der Waals surface area contributed by atoms with Gasteiger partial charge in [-0.05, 0) is 43.3 Å². The summed E-state index contributed by atoms with van der Waals surface area (Å²) in [6.45, 7) is 1.78. The summed E-state index contributed by atoms with van der Waals surface area (Å²) < 4.78 is 5.19. The molecule has 0 bridgehead atoms. The molecule has 0 saturated carbocycles. The SMILES string of the molecule is CC(O)(CNC(=O)c1ccc(Cl)cc1)Cc1ccco1. The fraction of sp³-hybridized carbons (Fsp3) is 0.267. The number of furan rings is 1. The van der Waals surface area contributed by atoms with Crippen molar-refractivity contribution in [3.8, 4) is 0 Å². The van der Waals surface area contributed by atoms with E-state index in [4.69, 9.17) is 16.0 Å². The Kier molecular flexibility index (Phi) is 4.47. The Balaban J connectivity index is 1.90. The largest absolute Gasteiger partial charge is 0.469 e. The minimum atomic E-state index is -1.07. The van der Waals surface area contributed by atoms with E-state index in [0.717, 1.165) is 0 Å². The lowest BCUT2D eigenvalue weighted by atomic mass is 10.0. The van der Waals surface area contributed by atoms with E-state index < -0.39 is 5.60 Å². The first-order chi connectivity index (χ1) is 9.46. The second-order valence-corrected chi connectivity index (χ2v) is 5.38. The Morgan fingerprint density at radius 2 is 2.05 bits per heavy atom. The lowest BCUT2D eigenvalue weighted by Gasteiger charge is -2.22. The molecule has 20 heavy (non-hydrogen) atoms. The van der Waals surface area contributed by atoms with Gasteiger partial charge >= 0.3 is 0 Å². The summed E-state index contributed by atoms with van der Waals surface area (Å²) in [7, 11) is 0. The van der Waals surface area contributed by atoms with Crippen LogP contribution in [0, 0.1) is 0 Å². The Labute approximate surface area is 122 Å². The van der Waals surface area contributed by atoms with E-state index in [2.05, 4.69) is 5.32 Å². The van der Waals surface area contributed by atoms with Crippen LogP contribution < -0.4 is 5.32 Å². The standard InChI is InChI=1S/C15H16ClNO3/c1-15(19,9-13-3-2-8-20-13)10-17-14(18)11-4-6-12(16)7-5-11/h2-8,19H,9-10H2,1H3,(H,17,18). The third-order valence-electron chi connectivity index (χ3n) is 2.87. The highest BCUT2D eigenvalue weighted by Crippen LogP contribution is 2.13. The molecule has 0 aliphatic heterocycles. The third kappa shape index (κ3) is 4.11. The molecule has 1 amide bonds. The van der Waals surface area contributed by atoms with Crippen LogP contribution in [-0.2, 0) is 6.42 Å². The zero-order valence-corrected chi connectivity index (χ0v) is 11.9. The highest BCUT2D eigenvalue weighted by Gasteiger charge is 2.23. The fourth-order valence-corrected chi connectivity index (χ4v) is 1.95. The smallest absolute Gasteiger partial charge is 0.251 e. The van der Waals surface area contributed by atoms with Gasteiger partial charge in [0.15, 0.2) is 0 Å². The fourth-order valence-electron chi connectivity index (χ4n) is 1.83. The van der Waals surface area contributed by atoms with Crippen LogP contribution in [0.2, 0.25) is 5.02 Å². The predicted molar refractivity (Wildman–Crippen MR) is 76.8 cm³/mol. The molecule has 2 rings (SSSR count). The van der Waals surface area contributed by atoms with E-state index in [0.29, 0.717) is 22.8 Å². The highest BCUT2D eigenvalue weighted by molar-refractivity contribution is 6.30. The van der Waals surface area contributed by atoms with Gasteiger partial charge in [0.2, 0.25) is 0 Å². The lowest BCUT2D eigenvalue weighted by Crippen LogP contribution is -2.42. The van der Waals surface area contributed by atoms with Crippen LogP contribution in [0.25, 0.3) is 0 Å². The average molecular weight is 294 g/mol. The second kappa shape index (κ2) is 6.11. The first-order valence-electron chi connectivity index (χ1n) is 6.25. The van der Waals surface area contributed by atoms with Crippen LogP contribution in [0.4, 0.5) is 0 Å². The van der Waals surface area contributed by atoms with E-state index in [9.17, 15) is 9.90 Å². The van der Waals surface area contributed by atoms with Gasteiger partial charge in [0.05, 0.1) is 11.9 Å². The van der Waals surface area contributed by atoms with Gasteiger partial charge in [-0.25, -0.2) is 0 Å². The van der Waals surface area contributed by atoms with Crippen molar-refractivity contribution in [1.82, 2.24) is 5.32 Å². The van der Waals surface area contributed by atoms with Crippen molar-refractivity contribution >= 4 is 17.5 Å². The van der Waals surface area contributed by atoms with E-state index >= 15 is 0 Å². The number of amides is 1. The topological polar surface area (TPSA) is 62.5 Å². The quantitative estimate of drug-likeness (QED) is 0.891. The maximum atomic E-state index is 11.9. The van der Waals surface area contributed by atoms with Gasteiger partial charge in [-0.3, -0.25) is 4.79 Å². The molecule has 0 radical (unpaired) electrons. The molecule has 0 aliphatic rings. The number of benzene rings is 1. The summed E-state index contributed by atoms with van der Waals surface area (Å²) in [5, 5.41) is 13.5. The maximum absolute atomic E-state index is 11.9. The first kappa shape index (κ1) is 14.6. The normalized spacial score (nSPS) is 13.8. The van der Waals surface area contributed by atoms with E-state index in [1.165, 1.54) is 0 Å². The number of carbonyl (C=O) groups excluding carboxylic acids is 1. The number of hydrogen-bond donors (Lipinski definition) is 2. The van der Waals surface area contributed by atoms with Gasteiger partial charge in [-0.15, -0.1) is 0 Å². The highest BCUT2D eigenvalue weighted by atomic mass is 35.5. The molecule has 1 unspecified atom stereocenters. The Morgan fingerprint density at radius 3 is 2.65 bits per heavy atom. The molecule has 1 aromatic heterocycles. The number of halogens is 1. The summed E-state index contributed by atoms with van der Waals surface area (Å²) >= 11 is 5.76. The number of rotatable bonds is 5. The predicted octanol–water partition coefficient (Wildman–Crippen LogP) is 2.66. The third-order valence-corrected chi connectivity index (χ3v) is 3.12.